The molecular weight excluding hydrogens is 442 g/mol. The third-order valence-electron chi connectivity index (χ3n) is 5.94. The lowest BCUT2D eigenvalue weighted by atomic mass is 10.1. The number of anilines is 1. The van der Waals surface area contributed by atoms with Crippen LogP contribution in [0.25, 0.3) is 0 Å². The first-order valence-corrected chi connectivity index (χ1v) is 12.5. The first kappa shape index (κ1) is 23.4. The van der Waals surface area contributed by atoms with Crippen LogP contribution in [0, 0.1) is 0 Å². The zero-order valence-corrected chi connectivity index (χ0v) is 19.1. The van der Waals surface area contributed by atoms with Gasteiger partial charge in [-0.15, -0.1) is 0 Å². The van der Waals surface area contributed by atoms with Crippen molar-refractivity contribution in [3.63, 3.8) is 0 Å². The lowest BCUT2D eigenvalue weighted by Gasteiger charge is -2.37. The molecule has 0 aromatic heterocycles. The highest BCUT2D eigenvalue weighted by molar-refractivity contribution is 7.89. The number of aliphatic hydroxyl groups excluding tert-OH is 1. The van der Waals surface area contributed by atoms with E-state index in [1.54, 1.807) is 30.4 Å². The molecule has 0 bridgehead atoms. The second-order valence-electron chi connectivity index (χ2n) is 8.15. The van der Waals surface area contributed by atoms with Crippen LogP contribution < -0.4 is 9.62 Å². The molecule has 0 radical (unpaired) electrons. The molecule has 1 fully saturated rings. The van der Waals surface area contributed by atoms with E-state index in [0.29, 0.717) is 13.1 Å². The van der Waals surface area contributed by atoms with Gasteiger partial charge in [-0.2, -0.15) is 0 Å². The molecule has 2 N–H and O–H groups in total. The van der Waals surface area contributed by atoms with Crippen LogP contribution in [0.2, 0.25) is 0 Å². The monoisotopic (exact) mass is 471 g/mol. The van der Waals surface area contributed by atoms with Crippen LogP contribution in [-0.4, -0.2) is 75.4 Å². The minimum atomic E-state index is -3.76. The van der Waals surface area contributed by atoms with Crippen LogP contribution in [0.1, 0.15) is 6.42 Å². The van der Waals surface area contributed by atoms with Gasteiger partial charge in [0.25, 0.3) is 0 Å². The highest BCUT2D eigenvalue weighted by Gasteiger charge is 2.32. The Morgan fingerprint density at radius 2 is 1.61 bits per heavy atom. The van der Waals surface area contributed by atoms with Crippen LogP contribution in [0.5, 0.6) is 0 Å². The predicted octanol–water partition coefficient (Wildman–Crippen LogP) is 1.39. The van der Waals surface area contributed by atoms with Gasteiger partial charge in [-0.05, 0) is 24.3 Å². The van der Waals surface area contributed by atoms with Gasteiger partial charge in [0.05, 0.1) is 30.1 Å². The van der Waals surface area contributed by atoms with Gasteiger partial charge in [0.15, 0.2) is 0 Å². The van der Waals surface area contributed by atoms with Gasteiger partial charge in [0.1, 0.15) is 6.10 Å². The summed E-state index contributed by atoms with van der Waals surface area (Å²) in [5.74, 6) is -0.0163. The summed E-state index contributed by atoms with van der Waals surface area (Å²) in [5, 5.41) is 9.77. The number of carbonyl (C=O) groups is 1. The molecule has 2 aromatic carbocycles. The molecule has 0 saturated carbocycles. The molecule has 0 unspecified atom stereocenters. The minimum Gasteiger partial charge on any atom is -0.394 e. The van der Waals surface area contributed by atoms with Crippen LogP contribution in [0.4, 0.5) is 5.69 Å². The van der Waals surface area contributed by atoms with Crippen LogP contribution in [-0.2, 0) is 19.6 Å². The molecule has 8 nitrogen and oxygen atoms in total. The highest BCUT2D eigenvalue weighted by atomic mass is 32.2. The maximum Gasteiger partial charge on any atom is 0.241 e. The molecule has 3 atom stereocenters. The Morgan fingerprint density at radius 3 is 2.24 bits per heavy atom. The minimum absolute atomic E-state index is 0.0163. The number of nitrogens with zero attached hydrogens (tertiary/aromatic N) is 2. The van der Waals surface area contributed by atoms with Crippen molar-refractivity contribution in [2.24, 2.45) is 0 Å². The number of carbonyl (C=O) groups excluding carboxylic acids is 1. The lowest BCUT2D eigenvalue weighted by Crippen LogP contribution is -2.51. The SMILES string of the molecule is O=C(C[C@H]1C=C[C@H](NS(=O)(=O)c2ccccc2)[C@H](CO)O1)N1CCN(c2ccccc2)CC1. The van der Waals surface area contributed by atoms with Crippen LogP contribution >= 0.6 is 0 Å². The molecule has 176 valence electrons. The maximum absolute atomic E-state index is 12.8. The van der Waals surface area contributed by atoms with Crippen molar-refractivity contribution >= 4 is 21.6 Å². The third-order valence-corrected chi connectivity index (χ3v) is 7.41. The summed E-state index contributed by atoms with van der Waals surface area (Å²) < 4.78 is 33.6. The number of benzene rings is 2. The smallest absolute Gasteiger partial charge is 0.241 e. The zero-order chi connectivity index (χ0) is 23.3. The molecule has 1 saturated heterocycles. The van der Waals surface area contributed by atoms with Crippen molar-refractivity contribution in [3.8, 4) is 0 Å². The number of aliphatic hydroxyl groups is 1. The fraction of sp³-hybridized carbons (Fsp3) is 0.375. The van der Waals surface area contributed by atoms with E-state index in [1.165, 1.54) is 12.1 Å². The number of sulfonamides is 1. The van der Waals surface area contributed by atoms with Crippen molar-refractivity contribution in [1.29, 1.82) is 0 Å². The Hall–Kier alpha value is -2.72. The molecule has 0 aliphatic carbocycles. The van der Waals surface area contributed by atoms with Gasteiger partial charge in [-0.3, -0.25) is 4.79 Å². The van der Waals surface area contributed by atoms with Crippen molar-refractivity contribution in [2.45, 2.75) is 29.6 Å². The number of hydrogen-bond acceptors (Lipinski definition) is 6. The Kier molecular flexibility index (Phi) is 7.44. The number of nitrogens with one attached hydrogen (secondary N) is 1. The molecule has 0 spiro atoms. The lowest BCUT2D eigenvalue weighted by molar-refractivity contribution is -0.135. The second kappa shape index (κ2) is 10.5. The average molecular weight is 472 g/mol. The number of rotatable bonds is 7. The van der Waals surface area contributed by atoms with Crippen LogP contribution in [0.3, 0.4) is 0 Å². The molecule has 2 aliphatic rings. The molecule has 2 aromatic rings. The molecule has 4 rings (SSSR count). The second-order valence-corrected chi connectivity index (χ2v) is 9.86. The molecular formula is C24H29N3O5S. The third kappa shape index (κ3) is 5.80. The largest absolute Gasteiger partial charge is 0.394 e. The Morgan fingerprint density at radius 1 is 0.970 bits per heavy atom. The average Bonchev–Trinajstić information content (AvgIpc) is 2.86. The maximum atomic E-state index is 12.8. The van der Waals surface area contributed by atoms with Gasteiger partial charge >= 0.3 is 0 Å². The summed E-state index contributed by atoms with van der Waals surface area (Å²) in [6.45, 7) is 2.42. The Balaban J connectivity index is 1.32. The van der Waals surface area contributed by atoms with Gasteiger partial charge in [0.2, 0.25) is 15.9 Å². The van der Waals surface area contributed by atoms with Gasteiger partial charge < -0.3 is 19.6 Å². The topological polar surface area (TPSA) is 99.2 Å². The quantitative estimate of drug-likeness (QED) is 0.592. The fourth-order valence-electron chi connectivity index (χ4n) is 4.11. The van der Waals surface area contributed by atoms with E-state index in [2.05, 4.69) is 21.8 Å². The van der Waals surface area contributed by atoms with E-state index < -0.39 is 28.3 Å². The molecule has 9 heteroatoms. The van der Waals surface area contributed by atoms with E-state index in [1.807, 2.05) is 23.1 Å². The number of amides is 1. The van der Waals surface area contributed by atoms with Gasteiger partial charge in [-0.1, -0.05) is 48.6 Å². The first-order valence-electron chi connectivity index (χ1n) is 11.1. The van der Waals surface area contributed by atoms with Gasteiger partial charge in [0, 0.05) is 31.9 Å². The van der Waals surface area contributed by atoms with E-state index in [9.17, 15) is 18.3 Å². The number of piperazine rings is 1. The standard InChI is InChI=1S/C24H29N3O5S/c28-18-23-22(25-33(30,31)21-9-5-2-6-10-21)12-11-20(32-23)17-24(29)27-15-13-26(14-16-27)19-7-3-1-4-8-19/h1-12,20,22-23,25,28H,13-18H2/t20-,22+,23+/m1/s1. The summed E-state index contributed by atoms with van der Waals surface area (Å²) in [7, 11) is -3.76. The molecule has 1 amide bonds. The summed E-state index contributed by atoms with van der Waals surface area (Å²) >= 11 is 0. The number of para-hydroxylation sites is 1. The summed E-state index contributed by atoms with van der Waals surface area (Å²) in [5.41, 5.74) is 1.15. The summed E-state index contributed by atoms with van der Waals surface area (Å²) in [4.78, 5) is 17.0. The van der Waals surface area contributed by atoms with Gasteiger partial charge in [-0.25, -0.2) is 13.1 Å². The van der Waals surface area contributed by atoms with Crippen molar-refractivity contribution in [1.82, 2.24) is 9.62 Å². The summed E-state index contributed by atoms with van der Waals surface area (Å²) in [6.07, 6.45) is 2.22. The fourth-order valence-corrected chi connectivity index (χ4v) is 5.35. The van der Waals surface area contributed by atoms with E-state index in [0.717, 1.165) is 18.8 Å². The number of hydrogen-bond donors (Lipinski definition) is 2. The van der Waals surface area contributed by atoms with Crippen molar-refractivity contribution in [2.75, 3.05) is 37.7 Å². The molecule has 2 aliphatic heterocycles. The van der Waals surface area contributed by atoms with E-state index >= 15 is 0 Å². The predicted molar refractivity (Wildman–Crippen MR) is 125 cm³/mol. The molecule has 2 heterocycles. The Labute approximate surface area is 194 Å². The molecule has 33 heavy (non-hydrogen) atoms. The van der Waals surface area contributed by atoms with E-state index in [-0.39, 0.29) is 23.8 Å². The zero-order valence-electron chi connectivity index (χ0n) is 18.3. The van der Waals surface area contributed by atoms with Crippen LogP contribution in [0.15, 0.2) is 77.7 Å². The normalized spacial score (nSPS) is 23.5. The first-order chi connectivity index (χ1) is 16.0. The summed E-state index contributed by atoms with van der Waals surface area (Å²) in [6, 6.07) is 17.4. The Bertz CT molecular complexity index is 1050. The highest BCUT2D eigenvalue weighted by Crippen LogP contribution is 2.20. The van der Waals surface area contributed by atoms with Crippen molar-refractivity contribution < 1.29 is 23.1 Å². The van der Waals surface area contributed by atoms with E-state index in [4.69, 9.17) is 4.74 Å². The number of ether oxygens (including phenoxy) is 1. The van der Waals surface area contributed by atoms with Crippen molar-refractivity contribution in [3.05, 3.63) is 72.8 Å².